The van der Waals surface area contributed by atoms with Crippen molar-refractivity contribution < 1.29 is 19.0 Å². The summed E-state index contributed by atoms with van der Waals surface area (Å²) in [6.45, 7) is 7.15. The van der Waals surface area contributed by atoms with Gasteiger partial charge >= 0.3 is 0 Å². The monoisotopic (exact) mass is 565 g/mol. The van der Waals surface area contributed by atoms with Crippen LogP contribution in [0.25, 0.3) is 10.2 Å². The van der Waals surface area contributed by atoms with E-state index in [0.29, 0.717) is 13.0 Å². The summed E-state index contributed by atoms with van der Waals surface area (Å²) in [6.07, 6.45) is 2.20. The molecule has 7 nitrogen and oxygen atoms in total. The van der Waals surface area contributed by atoms with Crippen LogP contribution in [0.4, 0.5) is 5.13 Å². The Morgan fingerprint density at radius 2 is 1.86 bits per heavy atom. The molecule has 0 saturated carbocycles. The van der Waals surface area contributed by atoms with E-state index in [0.717, 1.165) is 83.9 Å². The van der Waals surface area contributed by atoms with Crippen LogP contribution in [-0.4, -0.2) is 75.2 Å². The van der Waals surface area contributed by atoms with Crippen molar-refractivity contribution >= 4 is 56.8 Å². The number of hydrogen-bond donors (Lipinski definition) is 0. The number of fused-ring (bicyclic) bond motifs is 1. The number of thiazole rings is 1. The number of halogens is 1. The number of aromatic nitrogens is 1. The SMILES string of the molecule is COc1ccc(SCCCC(=O)N(CCCN2CCOCC2)c2nc3c(OC)ccc(C)c3s2)cc1.Cl. The van der Waals surface area contributed by atoms with Gasteiger partial charge in [0.1, 0.15) is 17.0 Å². The van der Waals surface area contributed by atoms with Crippen LogP contribution in [0, 0.1) is 6.92 Å². The number of thioether (sulfide) groups is 1. The fraction of sp³-hybridized carbons (Fsp3) is 0.481. The highest BCUT2D eigenvalue weighted by Gasteiger charge is 2.22. The largest absolute Gasteiger partial charge is 0.497 e. The zero-order chi connectivity index (χ0) is 25.3. The van der Waals surface area contributed by atoms with Crippen LogP contribution in [0.1, 0.15) is 24.8 Å². The fourth-order valence-electron chi connectivity index (χ4n) is 4.20. The number of nitrogens with zero attached hydrogens (tertiary/aromatic N) is 3. The maximum atomic E-state index is 13.4. The summed E-state index contributed by atoms with van der Waals surface area (Å²) in [5.41, 5.74) is 1.98. The molecule has 2 heterocycles. The quantitative estimate of drug-likeness (QED) is 0.207. The Kier molecular flexibility index (Phi) is 11.8. The average Bonchev–Trinajstić information content (AvgIpc) is 3.36. The molecular formula is C27H36ClN3O4S2. The predicted octanol–water partition coefficient (Wildman–Crippen LogP) is 5.67. The topological polar surface area (TPSA) is 64.1 Å². The van der Waals surface area contributed by atoms with Gasteiger partial charge in [0.25, 0.3) is 0 Å². The molecule has 0 bridgehead atoms. The maximum absolute atomic E-state index is 13.4. The van der Waals surface area contributed by atoms with Gasteiger partial charge in [0, 0.05) is 37.5 Å². The molecule has 0 atom stereocenters. The number of anilines is 1. The van der Waals surface area contributed by atoms with Crippen LogP contribution in [0.2, 0.25) is 0 Å². The number of carbonyl (C=O) groups excluding carboxylic acids is 1. The maximum Gasteiger partial charge on any atom is 0.228 e. The van der Waals surface area contributed by atoms with Gasteiger partial charge in [-0.25, -0.2) is 4.98 Å². The van der Waals surface area contributed by atoms with Crippen LogP contribution in [-0.2, 0) is 9.53 Å². The molecule has 202 valence electrons. The molecule has 2 aromatic carbocycles. The van der Waals surface area contributed by atoms with Crippen LogP contribution in [0.3, 0.4) is 0 Å². The lowest BCUT2D eigenvalue weighted by Crippen LogP contribution is -2.39. The van der Waals surface area contributed by atoms with Gasteiger partial charge in [0.15, 0.2) is 5.13 Å². The summed E-state index contributed by atoms with van der Waals surface area (Å²) in [6, 6.07) is 12.0. The minimum atomic E-state index is 0. The molecule has 37 heavy (non-hydrogen) atoms. The summed E-state index contributed by atoms with van der Waals surface area (Å²) in [5.74, 6) is 2.61. The summed E-state index contributed by atoms with van der Waals surface area (Å²) < 4.78 is 17.3. The van der Waals surface area contributed by atoms with Gasteiger partial charge in [-0.3, -0.25) is 14.6 Å². The van der Waals surface area contributed by atoms with E-state index < -0.39 is 0 Å². The molecule has 0 radical (unpaired) electrons. The fourth-order valence-corrected chi connectivity index (χ4v) is 6.15. The molecule has 1 aliphatic rings. The molecule has 0 unspecified atom stereocenters. The first-order valence-electron chi connectivity index (χ1n) is 12.4. The standard InChI is InChI=1S/C27H35N3O4S2.ClH/c1-20-7-12-23(33-3)25-26(20)36-27(28-25)30(14-5-13-29-15-17-34-18-16-29)24(31)6-4-19-35-22-10-8-21(32-2)9-11-22;/h7-12H,4-6,13-19H2,1-3H3;1H. The first-order valence-corrected chi connectivity index (χ1v) is 14.2. The summed E-state index contributed by atoms with van der Waals surface area (Å²) in [5, 5.41) is 0.757. The molecule has 10 heteroatoms. The zero-order valence-corrected chi connectivity index (χ0v) is 24.2. The van der Waals surface area contributed by atoms with E-state index in [-0.39, 0.29) is 18.3 Å². The molecule has 1 fully saturated rings. The molecule has 1 aliphatic heterocycles. The molecule has 4 rings (SSSR count). The first kappa shape index (κ1) is 29.5. The molecule has 1 amide bonds. The van der Waals surface area contributed by atoms with Gasteiger partial charge in [0.2, 0.25) is 5.91 Å². The first-order chi connectivity index (χ1) is 17.6. The second-order valence-electron chi connectivity index (χ2n) is 8.74. The van der Waals surface area contributed by atoms with Crippen LogP contribution in [0.5, 0.6) is 11.5 Å². The Morgan fingerprint density at radius 3 is 2.57 bits per heavy atom. The number of ether oxygens (including phenoxy) is 3. The van der Waals surface area contributed by atoms with Gasteiger partial charge in [-0.2, -0.15) is 0 Å². The van der Waals surface area contributed by atoms with Gasteiger partial charge in [-0.1, -0.05) is 17.4 Å². The average molecular weight is 566 g/mol. The number of aryl methyl sites for hydroxylation is 1. The third-order valence-corrected chi connectivity index (χ3v) is 8.58. The van der Waals surface area contributed by atoms with Crippen molar-refractivity contribution in [3.05, 3.63) is 42.0 Å². The van der Waals surface area contributed by atoms with E-state index in [1.165, 1.54) is 4.90 Å². The predicted molar refractivity (Wildman–Crippen MR) is 155 cm³/mol. The van der Waals surface area contributed by atoms with Crippen molar-refractivity contribution in [1.82, 2.24) is 9.88 Å². The number of methoxy groups -OCH3 is 2. The Morgan fingerprint density at radius 1 is 1.11 bits per heavy atom. The summed E-state index contributed by atoms with van der Waals surface area (Å²) in [7, 11) is 3.33. The van der Waals surface area contributed by atoms with Crippen LogP contribution < -0.4 is 14.4 Å². The minimum Gasteiger partial charge on any atom is -0.497 e. The Labute approximate surface area is 233 Å². The third kappa shape index (κ3) is 7.97. The second kappa shape index (κ2) is 14.8. The molecule has 0 spiro atoms. The summed E-state index contributed by atoms with van der Waals surface area (Å²) >= 11 is 3.34. The van der Waals surface area contributed by atoms with E-state index in [1.54, 1.807) is 37.3 Å². The minimum absolute atomic E-state index is 0. The van der Waals surface area contributed by atoms with E-state index in [2.05, 4.69) is 24.0 Å². The molecule has 3 aromatic rings. The van der Waals surface area contributed by atoms with Gasteiger partial charge in [0.05, 0.1) is 32.1 Å². The van der Waals surface area contributed by atoms with Crippen molar-refractivity contribution in [3.63, 3.8) is 0 Å². The molecule has 0 N–H and O–H groups in total. The van der Waals surface area contributed by atoms with Crippen LogP contribution in [0.15, 0.2) is 41.3 Å². The van der Waals surface area contributed by atoms with Crippen molar-refractivity contribution in [1.29, 1.82) is 0 Å². The Balaban J connectivity index is 0.00000380. The number of hydrogen-bond acceptors (Lipinski definition) is 8. The zero-order valence-electron chi connectivity index (χ0n) is 21.7. The lowest BCUT2D eigenvalue weighted by Gasteiger charge is -2.27. The molecule has 1 aromatic heterocycles. The van der Waals surface area contributed by atoms with E-state index in [9.17, 15) is 4.79 Å². The Hall–Kier alpha value is -2.04. The normalized spacial score (nSPS) is 13.8. The van der Waals surface area contributed by atoms with E-state index in [4.69, 9.17) is 19.2 Å². The van der Waals surface area contributed by atoms with Gasteiger partial charge < -0.3 is 14.2 Å². The number of carbonyl (C=O) groups is 1. The third-order valence-electron chi connectivity index (χ3n) is 6.27. The highest BCUT2D eigenvalue weighted by Crippen LogP contribution is 2.36. The summed E-state index contributed by atoms with van der Waals surface area (Å²) in [4.78, 5) is 23.8. The van der Waals surface area contributed by atoms with E-state index >= 15 is 0 Å². The highest BCUT2D eigenvalue weighted by atomic mass is 35.5. The van der Waals surface area contributed by atoms with E-state index in [1.807, 2.05) is 29.2 Å². The number of benzene rings is 2. The van der Waals surface area contributed by atoms with Gasteiger partial charge in [-0.15, -0.1) is 24.2 Å². The smallest absolute Gasteiger partial charge is 0.228 e. The lowest BCUT2D eigenvalue weighted by atomic mass is 10.2. The second-order valence-corrected chi connectivity index (χ2v) is 10.9. The van der Waals surface area contributed by atoms with Crippen molar-refractivity contribution in [2.45, 2.75) is 31.1 Å². The molecule has 0 aliphatic carbocycles. The van der Waals surface area contributed by atoms with Crippen molar-refractivity contribution in [2.24, 2.45) is 0 Å². The number of rotatable bonds is 12. The van der Waals surface area contributed by atoms with Gasteiger partial charge in [-0.05, 0) is 61.4 Å². The number of morpholine rings is 1. The highest BCUT2D eigenvalue weighted by molar-refractivity contribution is 7.99. The number of amides is 1. The Bertz CT molecular complexity index is 1140. The van der Waals surface area contributed by atoms with Crippen molar-refractivity contribution in [3.8, 4) is 11.5 Å². The lowest BCUT2D eigenvalue weighted by molar-refractivity contribution is -0.118. The van der Waals surface area contributed by atoms with Crippen molar-refractivity contribution in [2.75, 3.05) is 64.3 Å². The molecule has 1 saturated heterocycles. The van der Waals surface area contributed by atoms with Crippen LogP contribution >= 0.6 is 35.5 Å². The molecular weight excluding hydrogens is 530 g/mol.